The van der Waals surface area contributed by atoms with E-state index in [0.717, 1.165) is 9.47 Å². The first kappa shape index (κ1) is 47.4. The Morgan fingerprint density at radius 2 is 1.61 bits per heavy atom. The van der Waals surface area contributed by atoms with Crippen LogP contribution in [0, 0.1) is 17.5 Å². The monoisotopic (exact) mass is 854 g/mol. The Labute approximate surface area is 333 Å². The predicted octanol–water partition coefficient (Wildman–Crippen LogP) is -0.639. The lowest BCUT2D eigenvalue weighted by molar-refractivity contribution is -0.148. The van der Waals surface area contributed by atoms with Gasteiger partial charge in [-0.15, -0.1) is 5.10 Å². The van der Waals surface area contributed by atoms with E-state index in [2.05, 4.69) is 15.3 Å². The van der Waals surface area contributed by atoms with Gasteiger partial charge in [0.2, 0.25) is 11.7 Å². The van der Waals surface area contributed by atoms with E-state index < -0.39 is 97.1 Å². The lowest BCUT2D eigenvalue weighted by Gasteiger charge is -2.30. The number of ether oxygens (including phenoxy) is 3. The van der Waals surface area contributed by atoms with Crippen molar-refractivity contribution in [3.8, 4) is 0 Å². The normalized spacial score (nSPS) is 15.9. The third kappa shape index (κ3) is 13.4. The summed E-state index contributed by atoms with van der Waals surface area (Å²) in [4.78, 5) is 32.3. The summed E-state index contributed by atoms with van der Waals surface area (Å²) >= 11 is 0. The third-order valence-corrected chi connectivity index (χ3v) is 9.30. The van der Waals surface area contributed by atoms with Crippen molar-refractivity contribution in [2.24, 2.45) is 5.73 Å². The average molecular weight is 855 g/mol. The molecule has 59 heavy (non-hydrogen) atoms. The summed E-state index contributed by atoms with van der Waals surface area (Å²) in [5, 5.41) is 56.7. The maximum atomic E-state index is 14.1. The van der Waals surface area contributed by atoms with Crippen LogP contribution in [-0.4, -0.2) is 161 Å². The topological polar surface area (TPSA) is 244 Å². The number of esters is 1. The van der Waals surface area contributed by atoms with Crippen LogP contribution < -0.4 is 5.73 Å². The maximum absolute atomic E-state index is 14.1. The highest BCUT2D eigenvalue weighted by Crippen LogP contribution is 2.33. The van der Waals surface area contributed by atoms with E-state index in [1.54, 1.807) is 18.0 Å². The number of hydrogen-bond acceptors (Lipinski definition) is 15. The van der Waals surface area contributed by atoms with Gasteiger partial charge in [-0.1, -0.05) is 12.1 Å². The van der Waals surface area contributed by atoms with Gasteiger partial charge >= 0.3 is 12.1 Å². The Morgan fingerprint density at radius 1 is 0.949 bits per heavy atom. The van der Waals surface area contributed by atoms with Gasteiger partial charge < -0.3 is 54.9 Å². The number of rotatable bonds is 23. The van der Waals surface area contributed by atoms with Gasteiger partial charge in [0.1, 0.15) is 30.7 Å². The molecule has 0 aliphatic carbocycles. The van der Waals surface area contributed by atoms with Gasteiger partial charge in [0.15, 0.2) is 17.3 Å². The highest BCUT2D eigenvalue weighted by atomic mass is 19.4. The molecule has 0 fully saturated rings. The van der Waals surface area contributed by atoms with Crippen molar-refractivity contribution in [1.29, 1.82) is 0 Å². The van der Waals surface area contributed by atoms with E-state index in [1.165, 1.54) is 4.68 Å². The van der Waals surface area contributed by atoms with Gasteiger partial charge in [-0.3, -0.25) is 9.69 Å². The summed E-state index contributed by atoms with van der Waals surface area (Å²) in [6.45, 7) is 0.893. The van der Waals surface area contributed by atoms with Crippen molar-refractivity contribution in [2.45, 2.75) is 82.6 Å². The first-order valence-corrected chi connectivity index (χ1v) is 18.5. The second-order valence-electron chi connectivity index (χ2n) is 13.7. The van der Waals surface area contributed by atoms with Crippen LogP contribution in [0.4, 0.5) is 26.3 Å². The average Bonchev–Trinajstić information content (AvgIpc) is 3.82. The molecule has 18 nitrogen and oxygen atoms in total. The zero-order chi connectivity index (χ0) is 43.4. The third-order valence-electron chi connectivity index (χ3n) is 9.30. The van der Waals surface area contributed by atoms with Crippen LogP contribution in [0.3, 0.4) is 0 Å². The van der Waals surface area contributed by atoms with Crippen molar-refractivity contribution < 1.29 is 75.7 Å². The van der Waals surface area contributed by atoms with Gasteiger partial charge in [-0.25, -0.2) is 27.6 Å². The molecule has 24 heteroatoms. The molecule has 0 radical (unpaired) electrons. The Balaban J connectivity index is 1.17. The number of aliphatic hydroxyl groups is 5. The number of nitrogens with two attached hydrogens (primary N) is 1. The number of likely N-dealkylation sites (N-methyl/N-ethyl adjacent to an activating group) is 1. The largest absolute Gasteiger partial charge is 0.458 e. The van der Waals surface area contributed by atoms with E-state index >= 15 is 0 Å². The quantitative estimate of drug-likeness (QED) is 0.0301. The predicted molar refractivity (Wildman–Crippen MR) is 189 cm³/mol. The van der Waals surface area contributed by atoms with E-state index in [9.17, 15) is 56.4 Å². The van der Waals surface area contributed by atoms with Crippen molar-refractivity contribution in [1.82, 2.24) is 34.3 Å². The number of alkyl halides is 3. The first-order chi connectivity index (χ1) is 27.9. The Kier molecular flexibility index (Phi) is 17.5. The molecule has 1 amide bonds. The molecule has 3 heterocycles. The summed E-state index contributed by atoms with van der Waals surface area (Å²) in [6, 6.07) is -0.0620. The minimum absolute atomic E-state index is 0.0657. The van der Waals surface area contributed by atoms with Gasteiger partial charge in [-0.05, 0) is 24.6 Å². The first-order valence-electron chi connectivity index (χ1n) is 18.5. The van der Waals surface area contributed by atoms with E-state index in [0.29, 0.717) is 30.9 Å². The molecular formula is C35H48F6N8O10. The van der Waals surface area contributed by atoms with Crippen LogP contribution in [0.5, 0.6) is 0 Å². The smallest absolute Gasteiger partial charge is 0.449 e. The number of nitrogens with zero attached hydrogens (tertiary/aromatic N) is 7. The molecule has 1 aromatic carbocycles. The fourth-order valence-corrected chi connectivity index (χ4v) is 6.12. The highest BCUT2D eigenvalue weighted by molar-refractivity contribution is 5.89. The lowest BCUT2D eigenvalue weighted by atomic mass is 10.0. The number of halogens is 6. The molecule has 0 spiro atoms. The fraction of sp³-hybridized carbons (Fsp3) is 0.629. The van der Waals surface area contributed by atoms with Gasteiger partial charge in [0.05, 0.1) is 63.6 Å². The van der Waals surface area contributed by atoms with Crippen LogP contribution >= 0.6 is 0 Å². The van der Waals surface area contributed by atoms with Crippen LogP contribution in [0.25, 0.3) is 0 Å². The fourth-order valence-electron chi connectivity index (χ4n) is 6.12. The molecule has 0 saturated carbocycles. The number of hydrogen-bond donors (Lipinski definition) is 6. The molecule has 5 atom stereocenters. The zero-order valence-corrected chi connectivity index (χ0v) is 32.0. The molecule has 1 aliphatic heterocycles. The van der Waals surface area contributed by atoms with Crippen molar-refractivity contribution in [2.75, 3.05) is 59.3 Å². The van der Waals surface area contributed by atoms with E-state index in [4.69, 9.17) is 25.1 Å². The van der Waals surface area contributed by atoms with Crippen LogP contribution in [0.1, 0.15) is 46.6 Å². The number of aliphatic hydroxyl groups excluding tert-OH is 5. The summed E-state index contributed by atoms with van der Waals surface area (Å²) < 4.78 is 101. The van der Waals surface area contributed by atoms with Gasteiger partial charge in [0, 0.05) is 50.9 Å². The van der Waals surface area contributed by atoms with E-state index in [-0.39, 0.29) is 76.9 Å². The minimum Gasteiger partial charge on any atom is -0.458 e. The number of carbonyl (C=O) groups excluding carboxylic acids is 2. The number of aromatic nitrogens is 5. The highest BCUT2D eigenvalue weighted by Gasteiger charge is 2.42. The second-order valence-corrected chi connectivity index (χ2v) is 13.7. The molecular weight excluding hydrogens is 806 g/mol. The molecule has 0 bridgehead atoms. The van der Waals surface area contributed by atoms with Crippen LogP contribution in [0.15, 0.2) is 18.3 Å². The standard InChI is InChI=1S/C35H48F6N8O10/c1-2-46(18-27(51)31(54)32(55)28(52)19-50)15-22-16-48(45-44-22)5-6-57-7-8-58-9-10-59-33(56)30-26-17-47(3-4-49(26)34(43-30)35(39,40)41)29(53)13-21(42)11-20-12-24(37)25(38)14-23(20)36/h12,14,16,21,27-28,31-32,50-52,54-55H,2-11,13,15,17-19,42H2,1H3/t21-,27+,28-,31-,32-/m1/s1. The van der Waals surface area contributed by atoms with Crippen molar-refractivity contribution >= 4 is 11.9 Å². The van der Waals surface area contributed by atoms with E-state index in [1.807, 2.05) is 0 Å². The number of imidazole rings is 1. The summed E-state index contributed by atoms with van der Waals surface area (Å²) in [7, 11) is 0. The summed E-state index contributed by atoms with van der Waals surface area (Å²) in [6.07, 6.45) is -10.5. The molecule has 330 valence electrons. The minimum atomic E-state index is -4.93. The Morgan fingerprint density at radius 3 is 2.29 bits per heavy atom. The van der Waals surface area contributed by atoms with Crippen LogP contribution in [-0.2, 0) is 57.8 Å². The van der Waals surface area contributed by atoms with Crippen molar-refractivity contribution in [3.63, 3.8) is 0 Å². The Hall–Kier alpha value is -4.27. The number of benzene rings is 1. The number of amides is 1. The van der Waals surface area contributed by atoms with Gasteiger partial charge in [0.25, 0.3) is 0 Å². The molecule has 1 aliphatic rings. The summed E-state index contributed by atoms with van der Waals surface area (Å²) in [5.74, 6) is -6.90. The molecule has 3 aromatic rings. The van der Waals surface area contributed by atoms with Gasteiger partial charge in [-0.2, -0.15) is 13.2 Å². The Bertz CT molecular complexity index is 1840. The molecule has 0 saturated heterocycles. The molecule has 4 rings (SSSR count). The van der Waals surface area contributed by atoms with Crippen molar-refractivity contribution in [3.05, 3.63) is 64.3 Å². The summed E-state index contributed by atoms with van der Waals surface area (Å²) in [5.41, 5.74) is 5.39. The van der Waals surface area contributed by atoms with Crippen LogP contribution in [0.2, 0.25) is 0 Å². The lowest BCUT2D eigenvalue weighted by Crippen LogP contribution is -2.49. The molecule has 2 aromatic heterocycles. The maximum Gasteiger partial charge on any atom is 0.449 e. The SMILES string of the molecule is CCN(Cc1cn(CCOCCOCCOC(=O)c2nc(C(F)(F)F)n3c2CN(C(=O)C[C@H](N)Cc2cc(F)c(F)cc2F)CC3)nn1)C[C@H](O)[C@@H](O)[C@H](O)[C@H](O)CO. The molecule has 0 unspecified atom stereocenters. The zero-order valence-electron chi connectivity index (χ0n) is 32.0. The number of carbonyl (C=O) groups is 2. The second kappa shape index (κ2) is 21.8. The number of fused-ring (bicyclic) bond motifs is 1. The molecule has 7 N–H and O–H groups in total.